The summed E-state index contributed by atoms with van der Waals surface area (Å²) in [6, 6.07) is 0. The van der Waals surface area contributed by atoms with Crippen LogP contribution in [0.3, 0.4) is 0 Å². The summed E-state index contributed by atoms with van der Waals surface area (Å²) in [5.74, 6) is 0. The van der Waals surface area contributed by atoms with Gasteiger partial charge in [0, 0.05) is 30.8 Å². The molecule has 1 aliphatic heterocycles. The minimum absolute atomic E-state index is 0.448. The summed E-state index contributed by atoms with van der Waals surface area (Å²) in [5, 5.41) is 1.15. The van der Waals surface area contributed by atoms with E-state index in [1.54, 1.807) is 11.3 Å². The van der Waals surface area contributed by atoms with Gasteiger partial charge in [-0.25, -0.2) is 4.98 Å². The Morgan fingerprint density at radius 1 is 1.67 bits per heavy atom. The van der Waals surface area contributed by atoms with Crippen molar-refractivity contribution in [2.24, 2.45) is 0 Å². The SMILES string of the molecule is Cc1ncc(CN(C)C[C@H]2CCCO2)s1. The van der Waals surface area contributed by atoms with Gasteiger partial charge in [0.05, 0.1) is 11.1 Å². The van der Waals surface area contributed by atoms with Crippen LogP contribution in [0.2, 0.25) is 0 Å². The van der Waals surface area contributed by atoms with E-state index in [1.807, 2.05) is 13.1 Å². The Hall–Kier alpha value is -0.450. The Labute approximate surface area is 95.1 Å². The normalized spacial score (nSPS) is 21.4. The van der Waals surface area contributed by atoms with Crippen LogP contribution in [0.15, 0.2) is 6.20 Å². The van der Waals surface area contributed by atoms with E-state index in [0.29, 0.717) is 6.10 Å². The molecule has 2 rings (SSSR count). The summed E-state index contributed by atoms with van der Waals surface area (Å²) in [6.45, 7) is 5.02. The zero-order valence-electron chi connectivity index (χ0n) is 9.40. The molecule has 15 heavy (non-hydrogen) atoms. The van der Waals surface area contributed by atoms with Gasteiger partial charge in [0.2, 0.25) is 0 Å². The van der Waals surface area contributed by atoms with E-state index in [2.05, 4.69) is 16.9 Å². The molecule has 0 N–H and O–H groups in total. The third-order valence-corrected chi connectivity index (χ3v) is 3.53. The van der Waals surface area contributed by atoms with E-state index in [4.69, 9.17) is 4.74 Å². The molecule has 0 aliphatic carbocycles. The van der Waals surface area contributed by atoms with E-state index in [-0.39, 0.29) is 0 Å². The second-order valence-electron chi connectivity index (χ2n) is 4.18. The maximum absolute atomic E-state index is 5.61. The molecule has 0 amide bonds. The lowest BCUT2D eigenvalue weighted by atomic mass is 10.2. The molecule has 0 radical (unpaired) electrons. The Kier molecular flexibility index (Phi) is 3.72. The Bertz CT molecular complexity index is 307. The fourth-order valence-corrected chi connectivity index (χ4v) is 2.82. The van der Waals surface area contributed by atoms with Gasteiger partial charge in [0.1, 0.15) is 0 Å². The minimum Gasteiger partial charge on any atom is -0.377 e. The van der Waals surface area contributed by atoms with Crippen LogP contribution in [0, 0.1) is 6.92 Å². The lowest BCUT2D eigenvalue weighted by Gasteiger charge is -2.19. The number of hydrogen-bond donors (Lipinski definition) is 0. The first-order valence-electron chi connectivity index (χ1n) is 5.45. The number of likely N-dealkylation sites (N-methyl/N-ethyl adjacent to an activating group) is 1. The summed E-state index contributed by atoms with van der Waals surface area (Å²) in [4.78, 5) is 7.93. The molecule has 1 aliphatic rings. The van der Waals surface area contributed by atoms with Gasteiger partial charge >= 0.3 is 0 Å². The van der Waals surface area contributed by atoms with Crippen molar-refractivity contribution < 1.29 is 4.74 Å². The smallest absolute Gasteiger partial charge is 0.0897 e. The van der Waals surface area contributed by atoms with Gasteiger partial charge in [-0.15, -0.1) is 11.3 Å². The van der Waals surface area contributed by atoms with Gasteiger partial charge in [-0.1, -0.05) is 0 Å². The van der Waals surface area contributed by atoms with Crippen LogP contribution in [0.25, 0.3) is 0 Å². The van der Waals surface area contributed by atoms with Gasteiger partial charge in [-0.05, 0) is 26.8 Å². The van der Waals surface area contributed by atoms with Crippen molar-refractivity contribution in [2.45, 2.75) is 32.4 Å². The van der Waals surface area contributed by atoms with E-state index in [9.17, 15) is 0 Å². The van der Waals surface area contributed by atoms with Crippen molar-refractivity contribution in [3.8, 4) is 0 Å². The number of ether oxygens (including phenoxy) is 1. The molecule has 4 heteroatoms. The zero-order chi connectivity index (χ0) is 10.7. The largest absolute Gasteiger partial charge is 0.377 e. The summed E-state index contributed by atoms with van der Waals surface area (Å²) in [7, 11) is 2.15. The lowest BCUT2D eigenvalue weighted by Crippen LogP contribution is -2.27. The standard InChI is InChI=1S/C11H18N2OS/c1-9-12-6-11(15-9)8-13(2)7-10-4-3-5-14-10/h6,10H,3-5,7-8H2,1-2H3/t10-/m1/s1. The molecule has 1 saturated heterocycles. The number of aryl methyl sites for hydroxylation is 1. The van der Waals surface area contributed by atoms with Crippen molar-refractivity contribution in [3.05, 3.63) is 16.1 Å². The van der Waals surface area contributed by atoms with Crippen LogP contribution in [0.1, 0.15) is 22.7 Å². The zero-order valence-corrected chi connectivity index (χ0v) is 10.2. The predicted octanol–water partition coefficient (Wildman–Crippen LogP) is 2.06. The molecule has 1 atom stereocenters. The first kappa shape index (κ1) is 11.0. The van der Waals surface area contributed by atoms with Gasteiger partial charge in [0.25, 0.3) is 0 Å². The van der Waals surface area contributed by atoms with E-state index < -0.39 is 0 Å². The van der Waals surface area contributed by atoms with E-state index in [1.165, 1.54) is 17.7 Å². The molecular weight excluding hydrogens is 208 g/mol. The summed E-state index contributed by atoms with van der Waals surface area (Å²) in [6.07, 6.45) is 4.86. The van der Waals surface area contributed by atoms with Gasteiger partial charge in [-0.2, -0.15) is 0 Å². The predicted molar refractivity (Wildman–Crippen MR) is 62.2 cm³/mol. The van der Waals surface area contributed by atoms with Crippen molar-refractivity contribution >= 4 is 11.3 Å². The number of rotatable bonds is 4. The molecule has 0 bridgehead atoms. The fraction of sp³-hybridized carbons (Fsp3) is 0.727. The van der Waals surface area contributed by atoms with Gasteiger partial charge < -0.3 is 4.74 Å². The highest BCUT2D eigenvalue weighted by Crippen LogP contribution is 2.16. The highest BCUT2D eigenvalue weighted by atomic mass is 32.1. The molecule has 3 nitrogen and oxygen atoms in total. The minimum atomic E-state index is 0.448. The van der Waals surface area contributed by atoms with Crippen LogP contribution in [0.4, 0.5) is 0 Å². The molecule has 1 fully saturated rings. The quantitative estimate of drug-likeness (QED) is 0.786. The lowest BCUT2D eigenvalue weighted by molar-refractivity contribution is 0.0796. The van der Waals surface area contributed by atoms with Crippen LogP contribution in [-0.4, -0.2) is 36.2 Å². The molecule has 2 heterocycles. The molecule has 0 aromatic carbocycles. The monoisotopic (exact) mass is 226 g/mol. The van der Waals surface area contributed by atoms with Crippen LogP contribution in [0.5, 0.6) is 0 Å². The highest BCUT2D eigenvalue weighted by molar-refractivity contribution is 7.11. The Balaban J connectivity index is 1.78. The second kappa shape index (κ2) is 5.05. The maximum Gasteiger partial charge on any atom is 0.0897 e. The van der Waals surface area contributed by atoms with Crippen molar-refractivity contribution in [2.75, 3.05) is 20.2 Å². The summed E-state index contributed by atoms with van der Waals surface area (Å²) >= 11 is 1.78. The Morgan fingerprint density at radius 2 is 2.53 bits per heavy atom. The molecule has 0 spiro atoms. The van der Waals surface area contributed by atoms with Gasteiger partial charge in [-0.3, -0.25) is 4.90 Å². The number of hydrogen-bond acceptors (Lipinski definition) is 4. The first-order chi connectivity index (χ1) is 7.24. The number of thiazole rings is 1. The van der Waals surface area contributed by atoms with Crippen LogP contribution in [-0.2, 0) is 11.3 Å². The molecule has 0 unspecified atom stereocenters. The summed E-state index contributed by atoms with van der Waals surface area (Å²) in [5.41, 5.74) is 0. The molecular formula is C11H18N2OS. The topological polar surface area (TPSA) is 25.4 Å². The average Bonchev–Trinajstić information content (AvgIpc) is 2.77. The maximum atomic E-state index is 5.61. The van der Waals surface area contributed by atoms with Crippen molar-refractivity contribution in [1.82, 2.24) is 9.88 Å². The molecule has 1 aromatic rings. The third kappa shape index (κ3) is 3.26. The second-order valence-corrected chi connectivity index (χ2v) is 5.50. The van der Waals surface area contributed by atoms with E-state index in [0.717, 1.165) is 24.7 Å². The first-order valence-corrected chi connectivity index (χ1v) is 6.27. The Morgan fingerprint density at radius 3 is 3.13 bits per heavy atom. The number of nitrogens with zero attached hydrogens (tertiary/aromatic N) is 2. The molecule has 0 saturated carbocycles. The molecule has 1 aromatic heterocycles. The fourth-order valence-electron chi connectivity index (χ4n) is 1.94. The van der Waals surface area contributed by atoms with E-state index >= 15 is 0 Å². The van der Waals surface area contributed by atoms with Crippen LogP contribution < -0.4 is 0 Å². The summed E-state index contributed by atoms with van der Waals surface area (Å²) < 4.78 is 5.61. The highest BCUT2D eigenvalue weighted by Gasteiger charge is 2.17. The van der Waals surface area contributed by atoms with Crippen molar-refractivity contribution in [1.29, 1.82) is 0 Å². The average molecular weight is 226 g/mol. The molecule has 84 valence electrons. The van der Waals surface area contributed by atoms with Crippen molar-refractivity contribution in [3.63, 3.8) is 0 Å². The third-order valence-electron chi connectivity index (χ3n) is 2.63. The van der Waals surface area contributed by atoms with Gasteiger partial charge in [0.15, 0.2) is 0 Å². The van der Waals surface area contributed by atoms with Crippen LogP contribution >= 0.6 is 11.3 Å². The number of aromatic nitrogens is 1.